The number of piperidine rings is 1. The van der Waals surface area contributed by atoms with Gasteiger partial charge in [-0.3, -0.25) is 4.79 Å². The Morgan fingerprint density at radius 3 is 2.62 bits per heavy atom. The molecule has 1 saturated carbocycles. The fraction of sp³-hybridized carbons (Fsp3) is 0.889. The van der Waals surface area contributed by atoms with Crippen molar-refractivity contribution in [3.05, 3.63) is 0 Å². The van der Waals surface area contributed by atoms with Crippen molar-refractivity contribution >= 4 is 5.97 Å². The molecule has 0 bridgehead atoms. The van der Waals surface area contributed by atoms with Crippen LogP contribution in [0.5, 0.6) is 0 Å². The second kappa shape index (κ2) is 3.27. The molecule has 0 spiro atoms. The molecule has 2 atom stereocenters. The Morgan fingerprint density at radius 2 is 2.15 bits per heavy atom. The zero-order valence-electron chi connectivity index (χ0n) is 7.90. The molecule has 0 aromatic carbocycles. The van der Waals surface area contributed by atoms with E-state index in [1.165, 1.54) is 7.11 Å². The Morgan fingerprint density at radius 1 is 1.54 bits per heavy atom. The van der Waals surface area contributed by atoms with Crippen LogP contribution in [0.3, 0.4) is 0 Å². The highest BCUT2D eigenvalue weighted by Gasteiger charge is 2.59. The molecule has 2 unspecified atom stereocenters. The molecule has 0 amide bonds. The predicted molar refractivity (Wildman–Crippen MR) is 48.0 cm³/mol. The molecular weight excluding hydrogens is 168 g/mol. The van der Waals surface area contributed by atoms with Crippen molar-refractivity contribution in [2.75, 3.05) is 33.3 Å². The number of carbonyl (C=O) groups excluding carboxylic acids is 1. The molecule has 0 aromatic rings. The van der Waals surface area contributed by atoms with E-state index in [2.05, 4.69) is 4.90 Å². The number of fused-ring (bicyclic) bond motifs is 1. The summed E-state index contributed by atoms with van der Waals surface area (Å²) in [5.41, 5.74) is 5.46. The Bertz CT molecular complexity index is 208. The van der Waals surface area contributed by atoms with Gasteiger partial charge in [-0.05, 0) is 11.8 Å². The van der Waals surface area contributed by atoms with Crippen LogP contribution in [0.1, 0.15) is 0 Å². The third kappa shape index (κ3) is 1.44. The number of hydrogen-bond acceptors (Lipinski definition) is 4. The third-order valence-electron chi connectivity index (χ3n) is 3.19. The number of nitrogens with two attached hydrogens (primary N) is 1. The number of rotatable bonds is 3. The van der Waals surface area contributed by atoms with E-state index in [1.807, 2.05) is 0 Å². The molecule has 74 valence electrons. The minimum atomic E-state index is -0.0256. The van der Waals surface area contributed by atoms with Gasteiger partial charge in [0.05, 0.1) is 13.0 Å². The third-order valence-corrected chi connectivity index (χ3v) is 3.19. The summed E-state index contributed by atoms with van der Waals surface area (Å²) in [5, 5.41) is 0. The van der Waals surface area contributed by atoms with E-state index in [9.17, 15) is 4.79 Å². The fourth-order valence-electron chi connectivity index (χ4n) is 2.46. The number of hydrogen-bond donors (Lipinski definition) is 1. The number of ether oxygens (including phenoxy) is 1. The monoisotopic (exact) mass is 184 g/mol. The van der Waals surface area contributed by atoms with E-state index in [0.717, 1.165) is 19.6 Å². The number of likely N-dealkylation sites (tertiary alicyclic amines) is 1. The lowest BCUT2D eigenvalue weighted by Crippen LogP contribution is -2.31. The van der Waals surface area contributed by atoms with Crippen LogP contribution in [0.2, 0.25) is 0 Å². The Kier molecular flexibility index (Phi) is 2.26. The Hall–Kier alpha value is -0.610. The predicted octanol–water partition coefficient (Wildman–Crippen LogP) is -0.704. The van der Waals surface area contributed by atoms with Gasteiger partial charge in [-0.25, -0.2) is 0 Å². The van der Waals surface area contributed by atoms with Gasteiger partial charge in [0.15, 0.2) is 0 Å². The average molecular weight is 184 g/mol. The number of methoxy groups -OCH3 is 1. The molecule has 1 heterocycles. The number of nitrogens with zero attached hydrogens (tertiary/aromatic N) is 1. The van der Waals surface area contributed by atoms with Gasteiger partial charge in [-0.1, -0.05) is 0 Å². The van der Waals surface area contributed by atoms with E-state index in [0.29, 0.717) is 18.4 Å². The summed E-state index contributed by atoms with van der Waals surface area (Å²) in [7, 11) is 1.47. The van der Waals surface area contributed by atoms with Crippen LogP contribution in [-0.2, 0) is 9.53 Å². The topological polar surface area (TPSA) is 55.6 Å². The van der Waals surface area contributed by atoms with Gasteiger partial charge in [-0.15, -0.1) is 0 Å². The summed E-state index contributed by atoms with van der Waals surface area (Å²) in [6.45, 7) is 3.73. The zero-order valence-corrected chi connectivity index (χ0v) is 7.90. The molecule has 2 rings (SSSR count). The summed E-state index contributed by atoms with van der Waals surface area (Å²) in [6, 6.07) is 0. The average Bonchev–Trinajstić information content (AvgIpc) is 2.63. The summed E-state index contributed by atoms with van der Waals surface area (Å²) in [6.07, 6.45) is 0. The van der Waals surface area contributed by atoms with Crippen LogP contribution >= 0.6 is 0 Å². The molecule has 1 saturated heterocycles. The normalized spacial score (nSPS) is 37.2. The molecule has 4 nitrogen and oxygen atoms in total. The standard InChI is InChI=1S/C9H16N2O2/c1-13-9(12)8-6-4-11(3-2-10)5-7(6)8/h6-8H,2-5,10H2,1H3. The number of carbonyl (C=O) groups is 1. The highest BCUT2D eigenvalue weighted by atomic mass is 16.5. The van der Waals surface area contributed by atoms with Crippen LogP contribution in [0.25, 0.3) is 0 Å². The van der Waals surface area contributed by atoms with Crippen molar-refractivity contribution in [1.29, 1.82) is 0 Å². The highest BCUT2D eigenvalue weighted by Crippen LogP contribution is 2.51. The molecule has 1 aliphatic carbocycles. The van der Waals surface area contributed by atoms with Gasteiger partial charge >= 0.3 is 5.97 Å². The van der Waals surface area contributed by atoms with Crippen molar-refractivity contribution in [2.45, 2.75) is 0 Å². The maximum Gasteiger partial charge on any atom is 0.309 e. The minimum absolute atomic E-state index is 0.0256. The maximum atomic E-state index is 11.2. The van der Waals surface area contributed by atoms with Gasteiger partial charge < -0.3 is 15.4 Å². The molecule has 4 heteroatoms. The Labute approximate surface area is 78.0 Å². The zero-order chi connectivity index (χ0) is 9.42. The van der Waals surface area contributed by atoms with Gasteiger partial charge in [0.1, 0.15) is 0 Å². The SMILES string of the molecule is COC(=O)C1C2CN(CCN)CC21. The molecule has 1 aliphatic heterocycles. The van der Waals surface area contributed by atoms with Crippen LogP contribution in [0, 0.1) is 17.8 Å². The second-order valence-electron chi connectivity index (χ2n) is 3.92. The summed E-state index contributed by atoms with van der Waals surface area (Å²) in [5.74, 6) is 1.28. The lowest BCUT2D eigenvalue weighted by molar-refractivity contribution is -0.143. The maximum absolute atomic E-state index is 11.2. The van der Waals surface area contributed by atoms with Crippen LogP contribution in [-0.4, -0.2) is 44.2 Å². The van der Waals surface area contributed by atoms with Crippen molar-refractivity contribution in [3.8, 4) is 0 Å². The summed E-state index contributed by atoms with van der Waals surface area (Å²) in [4.78, 5) is 13.5. The molecule has 0 aromatic heterocycles. The van der Waals surface area contributed by atoms with E-state index < -0.39 is 0 Å². The van der Waals surface area contributed by atoms with Crippen molar-refractivity contribution in [2.24, 2.45) is 23.5 Å². The molecular formula is C9H16N2O2. The van der Waals surface area contributed by atoms with Crippen molar-refractivity contribution < 1.29 is 9.53 Å². The lowest BCUT2D eigenvalue weighted by Gasteiger charge is -2.17. The largest absolute Gasteiger partial charge is 0.469 e. The first kappa shape index (κ1) is 8.97. The fourth-order valence-corrected chi connectivity index (χ4v) is 2.46. The lowest BCUT2D eigenvalue weighted by atomic mass is 10.2. The van der Waals surface area contributed by atoms with E-state index >= 15 is 0 Å². The molecule has 0 radical (unpaired) electrons. The molecule has 13 heavy (non-hydrogen) atoms. The van der Waals surface area contributed by atoms with Crippen molar-refractivity contribution in [3.63, 3.8) is 0 Å². The molecule has 2 aliphatic rings. The summed E-state index contributed by atoms with van der Waals surface area (Å²) >= 11 is 0. The second-order valence-corrected chi connectivity index (χ2v) is 3.92. The van der Waals surface area contributed by atoms with Crippen molar-refractivity contribution in [1.82, 2.24) is 4.90 Å². The Balaban J connectivity index is 1.80. The van der Waals surface area contributed by atoms with Crippen LogP contribution < -0.4 is 5.73 Å². The highest BCUT2D eigenvalue weighted by molar-refractivity contribution is 5.76. The van der Waals surface area contributed by atoms with Gasteiger partial charge in [0, 0.05) is 26.2 Å². The van der Waals surface area contributed by atoms with Crippen LogP contribution in [0.15, 0.2) is 0 Å². The van der Waals surface area contributed by atoms with Gasteiger partial charge in [-0.2, -0.15) is 0 Å². The summed E-state index contributed by atoms with van der Waals surface area (Å²) < 4.78 is 4.72. The number of esters is 1. The first-order chi connectivity index (χ1) is 6.27. The first-order valence-corrected chi connectivity index (χ1v) is 4.78. The molecule has 2 fully saturated rings. The minimum Gasteiger partial charge on any atom is -0.469 e. The first-order valence-electron chi connectivity index (χ1n) is 4.78. The van der Waals surface area contributed by atoms with E-state index in [1.54, 1.807) is 0 Å². The van der Waals surface area contributed by atoms with E-state index in [-0.39, 0.29) is 11.9 Å². The van der Waals surface area contributed by atoms with E-state index in [4.69, 9.17) is 10.5 Å². The van der Waals surface area contributed by atoms with Gasteiger partial charge in [0.2, 0.25) is 0 Å². The van der Waals surface area contributed by atoms with Gasteiger partial charge in [0.25, 0.3) is 0 Å². The van der Waals surface area contributed by atoms with Crippen LogP contribution in [0.4, 0.5) is 0 Å². The smallest absolute Gasteiger partial charge is 0.309 e. The molecule has 2 N–H and O–H groups in total. The quantitative estimate of drug-likeness (QED) is 0.589.